The van der Waals surface area contributed by atoms with E-state index in [0.29, 0.717) is 24.3 Å². The van der Waals surface area contributed by atoms with Crippen molar-refractivity contribution >= 4 is 0 Å². The maximum atomic E-state index is 13.3. The van der Waals surface area contributed by atoms with Crippen LogP contribution in [0.15, 0.2) is 12.1 Å². The Morgan fingerprint density at radius 3 is 2.62 bits per heavy atom. The summed E-state index contributed by atoms with van der Waals surface area (Å²) >= 11 is 0. The van der Waals surface area contributed by atoms with Gasteiger partial charge in [-0.15, -0.1) is 0 Å². The molecule has 0 fully saturated rings. The Labute approximate surface area is 77.5 Å². The minimum Gasteiger partial charge on any atom is -0.496 e. The lowest BCUT2D eigenvalue weighted by molar-refractivity contribution is 0.404. The Morgan fingerprint density at radius 2 is 2.15 bits per heavy atom. The second kappa shape index (κ2) is 4.23. The van der Waals surface area contributed by atoms with Crippen molar-refractivity contribution in [3.05, 3.63) is 29.1 Å². The van der Waals surface area contributed by atoms with Crippen molar-refractivity contribution in [3.63, 3.8) is 0 Å². The molecule has 72 valence electrons. The maximum absolute atomic E-state index is 13.3. The lowest BCUT2D eigenvalue weighted by Gasteiger charge is -2.09. The summed E-state index contributed by atoms with van der Waals surface area (Å²) in [5.41, 5.74) is 6.78. The molecule has 0 saturated heterocycles. The van der Waals surface area contributed by atoms with Crippen LogP contribution in [0.2, 0.25) is 0 Å². The first-order valence-electron chi connectivity index (χ1n) is 4.28. The van der Waals surface area contributed by atoms with Gasteiger partial charge in [-0.3, -0.25) is 0 Å². The van der Waals surface area contributed by atoms with Crippen LogP contribution in [0.3, 0.4) is 0 Å². The van der Waals surface area contributed by atoms with Gasteiger partial charge in [-0.05, 0) is 24.1 Å². The normalized spacial score (nSPS) is 10.2. The van der Waals surface area contributed by atoms with Crippen LogP contribution in [-0.4, -0.2) is 7.11 Å². The van der Waals surface area contributed by atoms with Crippen LogP contribution >= 0.6 is 0 Å². The predicted octanol–water partition coefficient (Wildman–Crippen LogP) is 1.86. The van der Waals surface area contributed by atoms with Crippen molar-refractivity contribution in [2.45, 2.75) is 19.9 Å². The van der Waals surface area contributed by atoms with Crippen LogP contribution in [0.25, 0.3) is 0 Å². The molecule has 0 radical (unpaired) electrons. The highest BCUT2D eigenvalue weighted by atomic mass is 19.1. The van der Waals surface area contributed by atoms with Gasteiger partial charge in [0.1, 0.15) is 11.6 Å². The predicted molar refractivity (Wildman–Crippen MR) is 50.2 cm³/mol. The summed E-state index contributed by atoms with van der Waals surface area (Å²) in [4.78, 5) is 0. The summed E-state index contributed by atoms with van der Waals surface area (Å²) < 4.78 is 18.4. The molecule has 13 heavy (non-hydrogen) atoms. The van der Waals surface area contributed by atoms with Gasteiger partial charge < -0.3 is 10.5 Å². The van der Waals surface area contributed by atoms with Gasteiger partial charge in [-0.2, -0.15) is 0 Å². The van der Waals surface area contributed by atoms with Gasteiger partial charge in [0.05, 0.1) is 7.11 Å². The highest BCUT2D eigenvalue weighted by Gasteiger charge is 2.08. The van der Waals surface area contributed by atoms with Gasteiger partial charge >= 0.3 is 0 Å². The molecule has 2 N–H and O–H groups in total. The lowest BCUT2D eigenvalue weighted by Crippen LogP contribution is -2.01. The molecule has 0 saturated carbocycles. The largest absolute Gasteiger partial charge is 0.496 e. The molecule has 1 rings (SSSR count). The smallest absolute Gasteiger partial charge is 0.130 e. The third-order valence-electron chi connectivity index (χ3n) is 2.02. The number of ether oxygens (including phenoxy) is 1. The van der Waals surface area contributed by atoms with E-state index in [1.165, 1.54) is 13.2 Å². The first-order chi connectivity index (χ1) is 6.22. The molecule has 0 bridgehead atoms. The second-order valence-corrected chi connectivity index (χ2v) is 2.82. The van der Waals surface area contributed by atoms with Crippen molar-refractivity contribution in [1.29, 1.82) is 0 Å². The van der Waals surface area contributed by atoms with Gasteiger partial charge in [0, 0.05) is 12.1 Å². The minimum atomic E-state index is -0.234. The third-order valence-corrected chi connectivity index (χ3v) is 2.02. The summed E-state index contributed by atoms with van der Waals surface area (Å²) in [6.45, 7) is 2.22. The van der Waals surface area contributed by atoms with E-state index in [1.54, 1.807) is 6.07 Å². The van der Waals surface area contributed by atoms with Crippen LogP contribution in [0.5, 0.6) is 5.75 Å². The molecule has 0 aromatic heterocycles. The summed E-state index contributed by atoms with van der Waals surface area (Å²) in [5, 5.41) is 0. The zero-order chi connectivity index (χ0) is 9.84. The summed E-state index contributed by atoms with van der Waals surface area (Å²) in [7, 11) is 1.54. The topological polar surface area (TPSA) is 35.2 Å². The van der Waals surface area contributed by atoms with E-state index < -0.39 is 0 Å². The zero-order valence-electron chi connectivity index (χ0n) is 7.93. The van der Waals surface area contributed by atoms with Gasteiger partial charge in [0.25, 0.3) is 0 Å². The van der Waals surface area contributed by atoms with E-state index in [4.69, 9.17) is 10.5 Å². The van der Waals surface area contributed by atoms with Crippen LogP contribution in [-0.2, 0) is 13.0 Å². The fraction of sp³-hybridized carbons (Fsp3) is 0.400. The standard InChI is InChI=1S/C10H14FNO/c1-3-8-9(11)4-7(6-12)5-10(8)13-2/h4-5H,3,6,12H2,1-2H3. The SMILES string of the molecule is CCc1c(F)cc(CN)cc1OC. The highest BCUT2D eigenvalue weighted by Crippen LogP contribution is 2.23. The van der Waals surface area contributed by atoms with E-state index in [9.17, 15) is 4.39 Å². The number of halogens is 1. The molecule has 2 nitrogen and oxygen atoms in total. The number of hydrogen-bond donors (Lipinski definition) is 1. The molecular weight excluding hydrogens is 169 g/mol. The molecule has 1 aromatic carbocycles. The van der Waals surface area contributed by atoms with Crippen molar-refractivity contribution < 1.29 is 9.13 Å². The van der Waals surface area contributed by atoms with Crippen LogP contribution in [0.4, 0.5) is 4.39 Å². The van der Waals surface area contributed by atoms with Crippen LogP contribution in [0, 0.1) is 5.82 Å². The number of nitrogens with two attached hydrogens (primary N) is 1. The Hall–Kier alpha value is -1.09. The molecule has 0 atom stereocenters. The molecule has 0 aliphatic rings. The van der Waals surface area contributed by atoms with E-state index >= 15 is 0 Å². The van der Waals surface area contributed by atoms with E-state index in [-0.39, 0.29) is 5.82 Å². The highest BCUT2D eigenvalue weighted by molar-refractivity contribution is 5.38. The van der Waals surface area contributed by atoms with Gasteiger partial charge in [-0.25, -0.2) is 4.39 Å². The fourth-order valence-corrected chi connectivity index (χ4v) is 1.31. The summed E-state index contributed by atoms with van der Waals surface area (Å²) in [6.07, 6.45) is 0.625. The molecule has 0 aliphatic heterocycles. The zero-order valence-corrected chi connectivity index (χ0v) is 7.93. The maximum Gasteiger partial charge on any atom is 0.130 e. The van der Waals surface area contributed by atoms with Gasteiger partial charge in [0.2, 0.25) is 0 Å². The summed E-state index contributed by atoms with van der Waals surface area (Å²) in [6, 6.07) is 3.24. The van der Waals surface area contributed by atoms with Crippen molar-refractivity contribution in [2.24, 2.45) is 5.73 Å². The van der Waals surface area contributed by atoms with E-state index in [2.05, 4.69) is 0 Å². The average molecular weight is 183 g/mol. The minimum absolute atomic E-state index is 0.234. The van der Waals surface area contributed by atoms with Crippen LogP contribution < -0.4 is 10.5 Å². The lowest BCUT2D eigenvalue weighted by atomic mass is 10.1. The number of benzene rings is 1. The van der Waals surface area contributed by atoms with Crippen LogP contribution in [0.1, 0.15) is 18.1 Å². The second-order valence-electron chi connectivity index (χ2n) is 2.82. The molecule has 1 aromatic rings. The monoisotopic (exact) mass is 183 g/mol. The van der Waals surface area contributed by atoms with Gasteiger partial charge in [-0.1, -0.05) is 6.92 Å². The molecule has 0 amide bonds. The Kier molecular flexibility index (Phi) is 3.25. The first kappa shape index (κ1) is 9.99. The average Bonchev–Trinajstić information content (AvgIpc) is 2.16. The van der Waals surface area contributed by atoms with E-state index in [0.717, 1.165) is 5.56 Å². The Morgan fingerprint density at radius 1 is 1.46 bits per heavy atom. The Balaban J connectivity index is 3.20. The molecule has 0 heterocycles. The number of methoxy groups -OCH3 is 1. The summed E-state index contributed by atoms with van der Waals surface area (Å²) in [5.74, 6) is 0.352. The van der Waals surface area contributed by atoms with Crippen molar-refractivity contribution in [2.75, 3.05) is 7.11 Å². The van der Waals surface area contributed by atoms with Crippen molar-refractivity contribution in [3.8, 4) is 5.75 Å². The molecule has 0 aliphatic carbocycles. The third kappa shape index (κ3) is 1.98. The quantitative estimate of drug-likeness (QED) is 0.776. The molecular formula is C10H14FNO. The fourth-order valence-electron chi connectivity index (χ4n) is 1.31. The van der Waals surface area contributed by atoms with Crippen molar-refractivity contribution in [1.82, 2.24) is 0 Å². The Bertz CT molecular complexity index is 299. The first-order valence-corrected chi connectivity index (χ1v) is 4.28. The number of rotatable bonds is 3. The number of hydrogen-bond acceptors (Lipinski definition) is 2. The molecule has 0 unspecified atom stereocenters. The molecule has 0 spiro atoms. The van der Waals surface area contributed by atoms with E-state index in [1.807, 2.05) is 6.92 Å². The molecule has 3 heteroatoms. The van der Waals surface area contributed by atoms with Gasteiger partial charge in [0.15, 0.2) is 0 Å².